The van der Waals surface area contributed by atoms with E-state index in [4.69, 9.17) is 0 Å². The van der Waals surface area contributed by atoms with Crippen LogP contribution in [0.5, 0.6) is 0 Å². The molecule has 0 aliphatic carbocycles. The van der Waals surface area contributed by atoms with E-state index in [2.05, 4.69) is 25.6 Å². The lowest BCUT2D eigenvalue weighted by atomic mass is 10.0. The number of aromatic nitrogens is 3. The highest BCUT2D eigenvalue weighted by atomic mass is 16.4. The number of hydrogen-bond acceptors (Lipinski definition) is 6. The Balaban J connectivity index is 1.59. The molecule has 3 N–H and O–H groups in total. The van der Waals surface area contributed by atoms with Crippen molar-refractivity contribution < 1.29 is 9.90 Å². The zero-order chi connectivity index (χ0) is 19.8. The van der Waals surface area contributed by atoms with Crippen molar-refractivity contribution in [2.24, 2.45) is 5.92 Å². The monoisotopic (exact) mass is 377 g/mol. The van der Waals surface area contributed by atoms with Gasteiger partial charge in [-0.15, -0.1) is 0 Å². The van der Waals surface area contributed by atoms with Crippen LogP contribution >= 0.6 is 0 Å². The number of carbonyl (C=O) groups is 1. The summed E-state index contributed by atoms with van der Waals surface area (Å²) in [7, 11) is 0. The first-order chi connectivity index (χ1) is 13.6. The largest absolute Gasteiger partial charge is 0.481 e. The minimum atomic E-state index is -0.800. The predicted octanol–water partition coefficient (Wildman–Crippen LogP) is 3.88. The minimum Gasteiger partial charge on any atom is -0.481 e. The number of carboxylic acid groups (broad SMARTS) is 1. The maximum atomic E-state index is 11.2. The topological polar surface area (TPSA) is 100 Å². The van der Waals surface area contributed by atoms with Gasteiger partial charge in [-0.05, 0) is 42.3 Å². The second-order valence-corrected chi connectivity index (χ2v) is 6.41. The van der Waals surface area contributed by atoms with Crippen molar-refractivity contribution in [3.8, 4) is 0 Å². The van der Waals surface area contributed by atoms with Crippen LogP contribution in [0.4, 0.5) is 17.5 Å². The SMILES string of the molecule is CCC(Cc1ccnc(Nc2ccc(CNc3ccccn3)cc2)n1)C(=O)O. The molecule has 2 aromatic heterocycles. The number of pyridine rings is 1. The average molecular weight is 377 g/mol. The standard InChI is InChI=1S/C21H23N5O2/c1-2-16(20(27)28)13-18-10-12-23-21(26-18)25-17-8-6-15(7-9-17)14-24-19-5-3-4-11-22-19/h3-12,16H,2,13-14H2,1H3,(H,22,24)(H,27,28)(H,23,25,26). The Hall–Kier alpha value is -3.48. The van der Waals surface area contributed by atoms with Crippen molar-refractivity contribution in [2.75, 3.05) is 10.6 Å². The molecule has 7 nitrogen and oxygen atoms in total. The van der Waals surface area contributed by atoms with E-state index in [0.29, 0.717) is 31.0 Å². The summed E-state index contributed by atoms with van der Waals surface area (Å²) in [6.07, 6.45) is 4.35. The lowest BCUT2D eigenvalue weighted by Crippen LogP contribution is -2.16. The molecule has 0 radical (unpaired) electrons. The lowest BCUT2D eigenvalue weighted by Gasteiger charge is -2.11. The van der Waals surface area contributed by atoms with Gasteiger partial charge in [0.15, 0.2) is 0 Å². The predicted molar refractivity (Wildman–Crippen MR) is 108 cm³/mol. The Morgan fingerprint density at radius 1 is 1.07 bits per heavy atom. The molecule has 0 amide bonds. The first-order valence-corrected chi connectivity index (χ1v) is 9.19. The fraction of sp³-hybridized carbons (Fsp3) is 0.238. The number of nitrogens with one attached hydrogen (secondary N) is 2. The summed E-state index contributed by atoms with van der Waals surface area (Å²) in [5, 5.41) is 15.6. The van der Waals surface area contributed by atoms with Gasteiger partial charge < -0.3 is 15.7 Å². The van der Waals surface area contributed by atoms with Crippen LogP contribution in [0.2, 0.25) is 0 Å². The van der Waals surface area contributed by atoms with Gasteiger partial charge in [0.25, 0.3) is 0 Å². The van der Waals surface area contributed by atoms with Gasteiger partial charge in [-0.3, -0.25) is 4.79 Å². The van der Waals surface area contributed by atoms with Crippen molar-refractivity contribution >= 4 is 23.4 Å². The van der Waals surface area contributed by atoms with Crippen molar-refractivity contribution in [1.29, 1.82) is 0 Å². The van der Waals surface area contributed by atoms with Crippen LogP contribution in [0.15, 0.2) is 60.9 Å². The van der Waals surface area contributed by atoms with Crippen molar-refractivity contribution in [3.63, 3.8) is 0 Å². The summed E-state index contributed by atoms with van der Waals surface area (Å²) >= 11 is 0. The molecule has 0 aliphatic heterocycles. The molecule has 144 valence electrons. The maximum Gasteiger partial charge on any atom is 0.306 e. The molecule has 1 aromatic carbocycles. The van der Waals surface area contributed by atoms with Gasteiger partial charge in [0.05, 0.1) is 5.92 Å². The van der Waals surface area contributed by atoms with E-state index in [0.717, 1.165) is 17.1 Å². The van der Waals surface area contributed by atoms with Crippen molar-refractivity contribution in [1.82, 2.24) is 15.0 Å². The van der Waals surface area contributed by atoms with Gasteiger partial charge in [-0.1, -0.05) is 25.1 Å². The van der Waals surface area contributed by atoms with Crippen LogP contribution in [0.1, 0.15) is 24.6 Å². The highest BCUT2D eigenvalue weighted by Gasteiger charge is 2.16. The van der Waals surface area contributed by atoms with Crippen molar-refractivity contribution in [3.05, 3.63) is 72.2 Å². The third kappa shape index (κ3) is 5.51. The smallest absolute Gasteiger partial charge is 0.306 e. The van der Waals surface area contributed by atoms with Gasteiger partial charge in [0.2, 0.25) is 5.95 Å². The minimum absolute atomic E-state index is 0.390. The lowest BCUT2D eigenvalue weighted by molar-refractivity contribution is -0.141. The third-order valence-electron chi connectivity index (χ3n) is 4.36. The molecule has 0 spiro atoms. The number of carboxylic acids is 1. The second kappa shape index (κ2) is 9.45. The maximum absolute atomic E-state index is 11.2. The molecule has 0 aliphatic rings. The van der Waals surface area contributed by atoms with Crippen molar-refractivity contribution in [2.45, 2.75) is 26.3 Å². The van der Waals surface area contributed by atoms with Gasteiger partial charge in [0, 0.05) is 36.7 Å². The van der Waals surface area contributed by atoms with Gasteiger partial charge in [0.1, 0.15) is 5.82 Å². The summed E-state index contributed by atoms with van der Waals surface area (Å²) in [6, 6.07) is 15.4. The van der Waals surface area contributed by atoms with E-state index in [9.17, 15) is 9.90 Å². The van der Waals surface area contributed by atoms with E-state index in [-0.39, 0.29) is 0 Å². The number of benzene rings is 1. The number of aliphatic carboxylic acids is 1. The average Bonchev–Trinajstić information content (AvgIpc) is 2.72. The van der Waals surface area contributed by atoms with Crippen LogP contribution in [-0.2, 0) is 17.8 Å². The summed E-state index contributed by atoms with van der Waals surface area (Å²) in [6.45, 7) is 2.54. The highest BCUT2D eigenvalue weighted by Crippen LogP contribution is 2.16. The summed E-state index contributed by atoms with van der Waals surface area (Å²) < 4.78 is 0. The summed E-state index contributed by atoms with van der Waals surface area (Å²) in [5.74, 6) is 0.0536. The zero-order valence-electron chi connectivity index (χ0n) is 15.7. The normalized spacial score (nSPS) is 11.6. The third-order valence-corrected chi connectivity index (χ3v) is 4.36. The quantitative estimate of drug-likeness (QED) is 0.520. The van der Waals surface area contributed by atoms with Crippen LogP contribution < -0.4 is 10.6 Å². The van der Waals surface area contributed by atoms with E-state index < -0.39 is 11.9 Å². The van der Waals surface area contributed by atoms with Gasteiger partial charge >= 0.3 is 5.97 Å². The molecule has 1 unspecified atom stereocenters. The molecule has 0 saturated carbocycles. The van der Waals surface area contributed by atoms with Crippen LogP contribution in [0.25, 0.3) is 0 Å². The number of anilines is 3. The van der Waals surface area contributed by atoms with Crippen LogP contribution in [0.3, 0.4) is 0 Å². The molecule has 0 saturated heterocycles. The molecule has 0 bridgehead atoms. The molecule has 0 fully saturated rings. The van der Waals surface area contributed by atoms with E-state index in [1.807, 2.05) is 49.4 Å². The summed E-state index contributed by atoms with van der Waals surface area (Å²) in [4.78, 5) is 24.1. The second-order valence-electron chi connectivity index (χ2n) is 6.41. The number of rotatable bonds is 9. The highest BCUT2D eigenvalue weighted by molar-refractivity contribution is 5.70. The van der Waals surface area contributed by atoms with Crippen LogP contribution in [-0.4, -0.2) is 26.0 Å². The number of hydrogen-bond donors (Lipinski definition) is 3. The number of nitrogens with zero attached hydrogens (tertiary/aromatic N) is 3. The molecule has 28 heavy (non-hydrogen) atoms. The molecule has 1 atom stereocenters. The first-order valence-electron chi connectivity index (χ1n) is 9.19. The van der Waals surface area contributed by atoms with Crippen LogP contribution in [0, 0.1) is 5.92 Å². The van der Waals surface area contributed by atoms with E-state index in [1.54, 1.807) is 18.5 Å². The zero-order valence-corrected chi connectivity index (χ0v) is 15.7. The first kappa shape index (κ1) is 19.3. The Kier molecular flexibility index (Phi) is 6.51. The fourth-order valence-corrected chi connectivity index (χ4v) is 2.72. The molecule has 3 rings (SSSR count). The van der Waals surface area contributed by atoms with E-state index >= 15 is 0 Å². The Morgan fingerprint density at radius 2 is 1.89 bits per heavy atom. The fourth-order valence-electron chi connectivity index (χ4n) is 2.72. The van der Waals surface area contributed by atoms with Gasteiger partial charge in [-0.25, -0.2) is 15.0 Å². The molecular weight excluding hydrogens is 354 g/mol. The Morgan fingerprint density at radius 3 is 2.57 bits per heavy atom. The van der Waals surface area contributed by atoms with E-state index in [1.165, 1.54) is 0 Å². The molecule has 7 heteroatoms. The summed E-state index contributed by atoms with van der Waals surface area (Å²) in [5.41, 5.74) is 2.70. The van der Waals surface area contributed by atoms with Gasteiger partial charge in [-0.2, -0.15) is 0 Å². The Labute approximate surface area is 163 Å². The molecule has 2 heterocycles. The molecular formula is C21H23N5O2. The molecule has 3 aromatic rings. The Bertz CT molecular complexity index is 900.